The second-order valence-corrected chi connectivity index (χ2v) is 7.67. The van der Waals surface area contributed by atoms with Crippen LogP contribution in [0.4, 0.5) is 4.79 Å². The summed E-state index contributed by atoms with van der Waals surface area (Å²) in [5, 5.41) is 0. The highest BCUT2D eigenvalue weighted by Crippen LogP contribution is 2.29. The summed E-state index contributed by atoms with van der Waals surface area (Å²) in [6, 6.07) is 0. The van der Waals surface area contributed by atoms with Crippen molar-refractivity contribution in [3.05, 3.63) is 0 Å². The number of piperidine rings is 1. The molecule has 1 unspecified atom stereocenters. The summed E-state index contributed by atoms with van der Waals surface area (Å²) in [6.45, 7) is 7.96. The normalized spacial score (nSPS) is 19.5. The van der Waals surface area contributed by atoms with Crippen LogP contribution < -0.4 is 0 Å². The molecule has 1 heterocycles. The highest BCUT2D eigenvalue weighted by atomic mass is 127. The van der Waals surface area contributed by atoms with Gasteiger partial charge in [0.05, 0.1) is 18.8 Å². The van der Waals surface area contributed by atoms with Crippen molar-refractivity contribution in [1.82, 2.24) is 4.90 Å². The van der Waals surface area contributed by atoms with E-state index in [-0.39, 0.29) is 17.8 Å². The second-order valence-electron chi connectivity index (χ2n) is 6.91. The lowest BCUT2D eigenvalue weighted by atomic mass is 9.93. The zero-order valence-electron chi connectivity index (χ0n) is 14.9. The molecule has 23 heavy (non-hydrogen) atoms. The minimum Gasteiger partial charge on any atom is -0.444 e. The molecule has 0 saturated carbocycles. The summed E-state index contributed by atoms with van der Waals surface area (Å²) in [5.41, 5.74) is -0.666. The minimum absolute atomic E-state index is 0.0660. The molecule has 0 aromatic heterocycles. The van der Waals surface area contributed by atoms with Crippen LogP contribution in [0.2, 0.25) is 0 Å². The largest absolute Gasteiger partial charge is 0.444 e. The van der Waals surface area contributed by atoms with Gasteiger partial charge in [-0.25, -0.2) is 4.79 Å². The van der Waals surface area contributed by atoms with Gasteiger partial charge in [-0.3, -0.25) is 0 Å². The van der Waals surface area contributed by atoms with E-state index in [4.69, 9.17) is 18.9 Å². The SMILES string of the molecule is COCC(COC1(CI)CCN(C(=O)OC(C)(C)C)CC1)OC. The highest BCUT2D eigenvalue weighted by Gasteiger charge is 2.37. The molecule has 6 nitrogen and oxygen atoms in total. The van der Waals surface area contributed by atoms with Crippen LogP contribution in [0.3, 0.4) is 0 Å². The molecular formula is C16H30INO5. The summed E-state index contributed by atoms with van der Waals surface area (Å²) in [7, 11) is 3.31. The van der Waals surface area contributed by atoms with E-state index >= 15 is 0 Å². The second kappa shape index (κ2) is 9.39. The van der Waals surface area contributed by atoms with Gasteiger partial charge < -0.3 is 23.8 Å². The van der Waals surface area contributed by atoms with Gasteiger partial charge >= 0.3 is 6.09 Å². The number of amides is 1. The summed E-state index contributed by atoms with van der Waals surface area (Å²) >= 11 is 2.35. The van der Waals surface area contributed by atoms with Gasteiger partial charge in [0.25, 0.3) is 0 Å². The number of rotatable bonds is 7. The molecule has 0 spiro atoms. The first-order valence-corrected chi connectivity index (χ1v) is 9.47. The Balaban J connectivity index is 2.51. The fourth-order valence-corrected chi connectivity index (χ4v) is 3.36. The Morgan fingerprint density at radius 1 is 1.22 bits per heavy atom. The lowest BCUT2D eigenvalue weighted by Crippen LogP contribution is -2.51. The third-order valence-electron chi connectivity index (χ3n) is 3.83. The van der Waals surface area contributed by atoms with Gasteiger partial charge in [0.2, 0.25) is 0 Å². The summed E-state index contributed by atoms with van der Waals surface area (Å²) in [5.74, 6) is 0. The quantitative estimate of drug-likeness (QED) is 0.448. The number of likely N-dealkylation sites (tertiary alicyclic amines) is 1. The number of hydrogen-bond acceptors (Lipinski definition) is 5. The van der Waals surface area contributed by atoms with E-state index in [1.165, 1.54) is 0 Å². The molecular weight excluding hydrogens is 413 g/mol. The third kappa shape index (κ3) is 7.11. The van der Waals surface area contributed by atoms with Gasteiger partial charge in [0.1, 0.15) is 11.7 Å². The average molecular weight is 443 g/mol. The molecule has 1 saturated heterocycles. The van der Waals surface area contributed by atoms with Crippen LogP contribution in [0.25, 0.3) is 0 Å². The number of carbonyl (C=O) groups is 1. The van der Waals surface area contributed by atoms with Crippen LogP contribution in [-0.2, 0) is 18.9 Å². The lowest BCUT2D eigenvalue weighted by Gasteiger charge is -2.41. The molecule has 0 aromatic rings. The van der Waals surface area contributed by atoms with Crippen molar-refractivity contribution >= 4 is 28.7 Å². The van der Waals surface area contributed by atoms with E-state index in [0.29, 0.717) is 26.3 Å². The topological polar surface area (TPSA) is 57.2 Å². The summed E-state index contributed by atoms with van der Waals surface area (Å²) in [4.78, 5) is 13.9. The summed E-state index contributed by atoms with van der Waals surface area (Å²) < 4.78 is 23.0. The fraction of sp³-hybridized carbons (Fsp3) is 0.938. The number of nitrogens with zero attached hydrogens (tertiary/aromatic N) is 1. The molecule has 1 amide bonds. The van der Waals surface area contributed by atoms with Crippen LogP contribution in [0.5, 0.6) is 0 Å². The molecule has 0 radical (unpaired) electrons. The minimum atomic E-state index is -0.461. The van der Waals surface area contributed by atoms with Crippen LogP contribution in [-0.4, -0.2) is 73.2 Å². The maximum absolute atomic E-state index is 12.1. The van der Waals surface area contributed by atoms with Crippen molar-refractivity contribution in [2.24, 2.45) is 0 Å². The maximum atomic E-state index is 12.1. The van der Waals surface area contributed by atoms with Gasteiger partial charge in [0, 0.05) is 31.7 Å². The van der Waals surface area contributed by atoms with Gasteiger partial charge in [0.15, 0.2) is 0 Å². The van der Waals surface area contributed by atoms with Crippen molar-refractivity contribution in [3.8, 4) is 0 Å². The number of methoxy groups -OCH3 is 2. The number of alkyl halides is 1. The number of ether oxygens (including phenoxy) is 4. The Labute approximate surface area is 153 Å². The maximum Gasteiger partial charge on any atom is 0.410 e. The van der Waals surface area contributed by atoms with Crippen molar-refractivity contribution in [2.75, 3.05) is 45.0 Å². The van der Waals surface area contributed by atoms with E-state index in [9.17, 15) is 4.79 Å². The molecule has 7 heteroatoms. The predicted octanol–water partition coefficient (Wildman–Crippen LogP) is 2.87. The van der Waals surface area contributed by atoms with Crippen molar-refractivity contribution < 1.29 is 23.7 Å². The Bertz CT molecular complexity index is 364. The Hall–Kier alpha value is -0.120. The zero-order chi connectivity index (χ0) is 17.5. The van der Waals surface area contributed by atoms with E-state index in [1.807, 2.05) is 20.8 Å². The Morgan fingerprint density at radius 3 is 2.26 bits per heavy atom. The van der Waals surface area contributed by atoms with Crippen LogP contribution in [0.1, 0.15) is 33.6 Å². The molecule has 1 atom stereocenters. The molecule has 1 aliphatic rings. The monoisotopic (exact) mass is 443 g/mol. The van der Waals surface area contributed by atoms with E-state index in [1.54, 1.807) is 19.1 Å². The Morgan fingerprint density at radius 2 is 1.83 bits per heavy atom. The molecule has 0 bridgehead atoms. The molecule has 1 aliphatic heterocycles. The fourth-order valence-electron chi connectivity index (χ4n) is 2.38. The lowest BCUT2D eigenvalue weighted by molar-refractivity contribution is -0.110. The number of halogens is 1. The average Bonchev–Trinajstić information content (AvgIpc) is 2.50. The molecule has 1 fully saturated rings. The third-order valence-corrected chi connectivity index (χ3v) is 5.22. The number of carbonyl (C=O) groups excluding carboxylic acids is 1. The molecule has 136 valence electrons. The highest BCUT2D eigenvalue weighted by molar-refractivity contribution is 14.1. The molecule has 0 aliphatic carbocycles. The van der Waals surface area contributed by atoms with Gasteiger partial charge in [-0.2, -0.15) is 0 Å². The van der Waals surface area contributed by atoms with Crippen molar-refractivity contribution in [1.29, 1.82) is 0 Å². The first kappa shape index (κ1) is 20.9. The summed E-state index contributed by atoms with van der Waals surface area (Å²) in [6.07, 6.45) is 1.30. The van der Waals surface area contributed by atoms with Crippen LogP contribution in [0.15, 0.2) is 0 Å². The van der Waals surface area contributed by atoms with E-state index < -0.39 is 5.60 Å². The van der Waals surface area contributed by atoms with Gasteiger partial charge in [-0.15, -0.1) is 0 Å². The zero-order valence-corrected chi connectivity index (χ0v) is 17.1. The predicted molar refractivity (Wildman–Crippen MR) is 97.3 cm³/mol. The van der Waals surface area contributed by atoms with E-state index in [2.05, 4.69) is 22.6 Å². The first-order valence-electron chi connectivity index (χ1n) is 7.95. The number of hydrogen-bond donors (Lipinski definition) is 0. The molecule has 0 aromatic carbocycles. The van der Waals surface area contributed by atoms with Gasteiger partial charge in [-0.05, 0) is 33.6 Å². The molecule has 1 rings (SSSR count). The Kier molecular flexibility index (Phi) is 8.54. The van der Waals surface area contributed by atoms with Crippen LogP contribution >= 0.6 is 22.6 Å². The van der Waals surface area contributed by atoms with Crippen molar-refractivity contribution in [3.63, 3.8) is 0 Å². The van der Waals surface area contributed by atoms with Gasteiger partial charge in [-0.1, -0.05) is 22.6 Å². The van der Waals surface area contributed by atoms with Crippen LogP contribution in [0, 0.1) is 0 Å². The molecule has 0 N–H and O–H groups in total. The first-order chi connectivity index (χ1) is 10.7. The smallest absolute Gasteiger partial charge is 0.410 e. The standard InChI is InChI=1S/C16H30INO5/c1-15(2,3)23-14(19)18-8-6-16(12-17,7-9-18)22-11-13(21-5)10-20-4/h13H,6-12H2,1-5H3. The van der Waals surface area contributed by atoms with E-state index in [0.717, 1.165) is 17.3 Å². The van der Waals surface area contributed by atoms with Crippen molar-refractivity contribution in [2.45, 2.75) is 50.9 Å².